The summed E-state index contributed by atoms with van der Waals surface area (Å²) in [7, 11) is 4.13. The Morgan fingerprint density at radius 3 is 2.44 bits per heavy atom. The highest BCUT2D eigenvalue weighted by Gasteiger charge is 2.18. The van der Waals surface area contributed by atoms with E-state index in [4.69, 9.17) is 5.73 Å². The molecule has 0 aliphatic heterocycles. The van der Waals surface area contributed by atoms with Crippen LogP contribution in [-0.4, -0.2) is 44.6 Å². The minimum absolute atomic E-state index is 0.138. The minimum Gasteiger partial charge on any atom is -0.370 e. The Hall–Kier alpha value is -1.03. The number of nitrogens with zero attached hydrogens (tertiary/aromatic N) is 2. The van der Waals surface area contributed by atoms with E-state index in [0.717, 1.165) is 18.7 Å². The van der Waals surface area contributed by atoms with Gasteiger partial charge in [0, 0.05) is 19.6 Å². The van der Waals surface area contributed by atoms with Gasteiger partial charge in [0.15, 0.2) is 5.96 Å². The van der Waals surface area contributed by atoms with E-state index >= 15 is 0 Å². The highest BCUT2D eigenvalue weighted by Crippen LogP contribution is 2.15. The zero-order valence-electron chi connectivity index (χ0n) is 11.3. The normalized spacial score (nSPS) is 13.0. The fourth-order valence-electron chi connectivity index (χ4n) is 1.50. The minimum atomic E-state index is 0.138. The van der Waals surface area contributed by atoms with Crippen LogP contribution in [-0.2, 0) is 0 Å². The van der Waals surface area contributed by atoms with Gasteiger partial charge in [-0.2, -0.15) is 0 Å². The molecule has 0 aromatic carbocycles. The van der Waals surface area contributed by atoms with Gasteiger partial charge in [-0.05, 0) is 26.4 Å². The molecule has 0 amide bonds. The Labute approximate surface area is 99.6 Å². The molecule has 0 unspecified atom stereocenters. The molecule has 0 fully saturated rings. The molecule has 4 nitrogen and oxygen atoms in total. The van der Waals surface area contributed by atoms with Crippen molar-refractivity contribution >= 4 is 5.96 Å². The van der Waals surface area contributed by atoms with Gasteiger partial charge in [-0.3, -0.25) is 4.99 Å². The van der Waals surface area contributed by atoms with E-state index in [9.17, 15) is 0 Å². The molecular formula is C12H26N4. The second-order valence-electron chi connectivity index (χ2n) is 5.41. The molecule has 94 valence electrons. The molecule has 0 aromatic heterocycles. The first-order valence-corrected chi connectivity index (χ1v) is 5.56. The lowest BCUT2D eigenvalue weighted by atomic mass is 9.93. The molecule has 3 N–H and O–H groups in total. The highest BCUT2D eigenvalue weighted by atomic mass is 15.1. The molecule has 0 heterocycles. The molecule has 0 aliphatic carbocycles. The number of nitrogens with two attached hydrogens (primary N) is 1. The fraction of sp³-hybridized carbons (Fsp3) is 0.750. The van der Waals surface area contributed by atoms with Crippen molar-refractivity contribution in [1.82, 2.24) is 10.2 Å². The lowest BCUT2D eigenvalue weighted by Crippen LogP contribution is -2.36. The molecule has 0 aliphatic rings. The molecule has 0 saturated heterocycles. The average Bonchev–Trinajstić information content (AvgIpc) is 2.09. The first-order chi connectivity index (χ1) is 7.23. The molecular weight excluding hydrogens is 200 g/mol. The lowest BCUT2D eigenvalue weighted by molar-refractivity contribution is 0.249. The molecule has 0 atom stereocenters. The third kappa shape index (κ3) is 8.29. The predicted octanol–water partition coefficient (Wildman–Crippen LogP) is 1.05. The van der Waals surface area contributed by atoms with Crippen LogP contribution >= 0.6 is 0 Å². The summed E-state index contributed by atoms with van der Waals surface area (Å²) in [6.07, 6.45) is 0. The van der Waals surface area contributed by atoms with E-state index in [2.05, 4.69) is 49.7 Å². The van der Waals surface area contributed by atoms with Crippen molar-refractivity contribution in [2.45, 2.75) is 20.8 Å². The van der Waals surface area contributed by atoms with Gasteiger partial charge in [-0.1, -0.05) is 26.0 Å². The van der Waals surface area contributed by atoms with Crippen molar-refractivity contribution in [3.8, 4) is 0 Å². The SMILES string of the molecule is C=C(C)CNC(N)=NCC(C)(C)CN(C)C. The standard InChI is InChI=1S/C12H26N4/c1-10(2)7-14-11(13)15-8-12(3,4)9-16(5)6/h1,7-9H2,2-6H3,(H3,13,14,15). The van der Waals surface area contributed by atoms with Crippen LogP contribution in [0.4, 0.5) is 0 Å². The Morgan fingerprint density at radius 1 is 1.44 bits per heavy atom. The number of hydrogen-bond acceptors (Lipinski definition) is 2. The van der Waals surface area contributed by atoms with Crippen molar-refractivity contribution in [3.05, 3.63) is 12.2 Å². The van der Waals surface area contributed by atoms with Crippen LogP contribution < -0.4 is 11.1 Å². The van der Waals surface area contributed by atoms with Gasteiger partial charge < -0.3 is 16.0 Å². The van der Waals surface area contributed by atoms with Crippen LogP contribution in [0.1, 0.15) is 20.8 Å². The lowest BCUT2D eigenvalue weighted by Gasteiger charge is -2.26. The van der Waals surface area contributed by atoms with Gasteiger partial charge in [0.05, 0.1) is 0 Å². The molecule has 0 saturated carbocycles. The van der Waals surface area contributed by atoms with E-state index in [-0.39, 0.29) is 5.41 Å². The van der Waals surface area contributed by atoms with E-state index in [1.165, 1.54) is 0 Å². The summed E-state index contributed by atoms with van der Waals surface area (Å²) in [5, 5.41) is 3.02. The average molecular weight is 226 g/mol. The molecule has 16 heavy (non-hydrogen) atoms. The number of hydrogen-bond donors (Lipinski definition) is 2. The summed E-state index contributed by atoms with van der Waals surface area (Å²) >= 11 is 0. The number of guanidine groups is 1. The molecule has 0 spiro atoms. The quantitative estimate of drug-likeness (QED) is 0.404. The van der Waals surface area contributed by atoms with E-state index in [0.29, 0.717) is 12.5 Å². The predicted molar refractivity (Wildman–Crippen MR) is 71.6 cm³/mol. The van der Waals surface area contributed by atoms with E-state index in [1.807, 2.05) is 6.92 Å². The van der Waals surface area contributed by atoms with Crippen LogP contribution in [0.3, 0.4) is 0 Å². The topological polar surface area (TPSA) is 53.6 Å². The van der Waals surface area contributed by atoms with Gasteiger partial charge in [-0.25, -0.2) is 0 Å². The van der Waals surface area contributed by atoms with Crippen LogP contribution in [0, 0.1) is 5.41 Å². The molecule has 0 bridgehead atoms. The largest absolute Gasteiger partial charge is 0.370 e. The van der Waals surface area contributed by atoms with Crippen LogP contribution in [0.25, 0.3) is 0 Å². The number of rotatable bonds is 6. The summed E-state index contributed by atoms with van der Waals surface area (Å²) in [4.78, 5) is 6.50. The summed E-state index contributed by atoms with van der Waals surface area (Å²) in [6.45, 7) is 12.5. The Kier molecular flexibility index (Phi) is 6.11. The van der Waals surface area contributed by atoms with E-state index < -0.39 is 0 Å². The highest BCUT2D eigenvalue weighted by molar-refractivity contribution is 5.78. The first-order valence-electron chi connectivity index (χ1n) is 5.56. The smallest absolute Gasteiger partial charge is 0.188 e. The van der Waals surface area contributed by atoms with Gasteiger partial charge >= 0.3 is 0 Å². The van der Waals surface area contributed by atoms with Crippen molar-refractivity contribution in [1.29, 1.82) is 0 Å². The van der Waals surface area contributed by atoms with Crippen molar-refractivity contribution in [2.75, 3.05) is 33.7 Å². The molecule has 0 rings (SSSR count). The fourth-order valence-corrected chi connectivity index (χ4v) is 1.50. The van der Waals surface area contributed by atoms with Crippen molar-refractivity contribution in [3.63, 3.8) is 0 Å². The molecule has 0 radical (unpaired) electrons. The van der Waals surface area contributed by atoms with Crippen LogP contribution in [0.15, 0.2) is 17.1 Å². The number of aliphatic imine (C=N–C) groups is 1. The van der Waals surface area contributed by atoms with Crippen LogP contribution in [0.2, 0.25) is 0 Å². The van der Waals surface area contributed by atoms with Crippen LogP contribution in [0.5, 0.6) is 0 Å². The van der Waals surface area contributed by atoms with Gasteiger partial charge in [0.1, 0.15) is 0 Å². The Balaban J connectivity index is 4.08. The maximum Gasteiger partial charge on any atom is 0.188 e. The monoisotopic (exact) mass is 226 g/mol. The third-order valence-corrected chi connectivity index (χ3v) is 1.99. The summed E-state index contributed by atoms with van der Waals surface area (Å²) in [5.74, 6) is 0.495. The van der Waals surface area contributed by atoms with E-state index in [1.54, 1.807) is 0 Å². The molecule has 4 heteroatoms. The van der Waals surface area contributed by atoms with Gasteiger partial charge in [0.25, 0.3) is 0 Å². The third-order valence-electron chi connectivity index (χ3n) is 1.99. The van der Waals surface area contributed by atoms with Crippen molar-refractivity contribution < 1.29 is 0 Å². The zero-order valence-corrected chi connectivity index (χ0v) is 11.3. The Morgan fingerprint density at radius 2 is 2.00 bits per heavy atom. The van der Waals surface area contributed by atoms with Gasteiger partial charge in [0.2, 0.25) is 0 Å². The van der Waals surface area contributed by atoms with Gasteiger partial charge in [-0.15, -0.1) is 0 Å². The Bertz CT molecular complexity index is 254. The first kappa shape index (κ1) is 15.0. The second kappa shape index (κ2) is 6.53. The summed E-state index contributed by atoms with van der Waals surface area (Å²) in [6, 6.07) is 0. The summed E-state index contributed by atoms with van der Waals surface area (Å²) in [5.41, 5.74) is 6.93. The number of nitrogens with one attached hydrogen (secondary N) is 1. The second-order valence-corrected chi connectivity index (χ2v) is 5.41. The van der Waals surface area contributed by atoms with Crippen molar-refractivity contribution in [2.24, 2.45) is 16.1 Å². The summed E-state index contributed by atoms with van der Waals surface area (Å²) < 4.78 is 0. The molecule has 0 aromatic rings. The maximum absolute atomic E-state index is 5.74. The zero-order chi connectivity index (χ0) is 12.8. The maximum atomic E-state index is 5.74.